The van der Waals surface area contributed by atoms with Gasteiger partial charge in [0.1, 0.15) is 0 Å². The van der Waals surface area contributed by atoms with Gasteiger partial charge in [-0.25, -0.2) is 0 Å². The molecule has 1 aliphatic carbocycles. The Morgan fingerprint density at radius 1 is 0.846 bits per heavy atom. The first-order chi connectivity index (χ1) is 12.6. The minimum atomic E-state index is -0.226. The second-order valence-corrected chi connectivity index (χ2v) is 6.88. The molecule has 132 valence electrons. The summed E-state index contributed by atoms with van der Waals surface area (Å²) in [7, 11) is 0. The molecule has 2 aromatic rings. The Balaban J connectivity index is 1.52. The molecule has 2 fully saturated rings. The summed E-state index contributed by atoms with van der Waals surface area (Å²) in [4.78, 5) is 38.9. The maximum absolute atomic E-state index is 12.6. The summed E-state index contributed by atoms with van der Waals surface area (Å²) < 4.78 is 0. The number of benzene rings is 2. The predicted octanol–water partition coefficient (Wildman–Crippen LogP) is 3.62. The zero-order valence-electron chi connectivity index (χ0n) is 14.4. The molecule has 5 heteroatoms. The lowest BCUT2D eigenvalue weighted by molar-refractivity contribution is -0.122. The number of hydrogen-bond acceptors (Lipinski definition) is 3. The van der Waals surface area contributed by atoms with E-state index in [9.17, 15) is 14.4 Å². The van der Waals surface area contributed by atoms with Crippen LogP contribution in [0.4, 0.5) is 11.4 Å². The van der Waals surface area contributed by atoms with Crippen molar-refractivity contribution in [2.24, 2.45) is 11.8 Å². The van der Waals surface area contributed by atoms with Crippen molar-refractivity contribution in [2.45, 2.75) is 25.7 Å². The molecule has 0 aromatic heterocycles. The Bertz CT molecular complexity index is 821. The normalized spacial score (nSPS) is 22.2. The first kappa shape index (κ1) is 16.5. The molecule has 2 aliphatic rings. The molecule has 1 N–H and O–H groups in total. The summed E-state index contributed by atoms with van der Waals surface area (Å²) in [6.07, 6.45) is 3.60. The van der Waals surface area contributed by atoms with E-state index in [-0.39, 0.29) is 29.6 Å². The third-order valence-corrected chi connectivity index (χ3v) is 5.26. The minimum Gasteiger partial charge on any atom is -0.322 e. The fraction of sp³-hybridized carbons (Fsp3) is 0.286. The number of amides is 3. The molecule has 2 aromatic carbocycles. The molecule has 1 aliphatic heterocycles. The van der Waals surface area contributed by atoms with Crippen molar-refractivity contribution >= 4 is 29.1 Å². The molecular formula is C21H20N2O3. The van der Waals surface area contributed by atoms with Crippen molar-refractivity contribution in [3.05, 3.63) is 60.2 Å². The second-order valence-electron chi connectivity index (χ2n) is 6.88. The minimum absolute atomic E-state index is 0.0961. The molecule has 5 nitrogen and oxygen atoms in total. The van der Waals surface area contributed by atoms with Crippen molar-refractivity contribution in [2.75, 3.05) is 10.2 Å². The zero-order valence-corrected chi connectivity index (χ0v) is 14.4. The molecule has 0 bridgehead atoms. The molecule has 4 rings (SSSR count). The van der Waals surface area contributed by atoms with Crippen LogP contribution in [0.2, 0.25) is 0 Å². The third-order valence-electron chi connectivity index (χ3n) is 5.26. The van der Waals surface area contributed by atoms with Crippen LogP contribution in [0.5, 0.6) is 0 Å². The van der Waals surface area contributed by atoms with E-state index in [4.69, 9.17) is 0 Å². The van der Waals surface area contributed by atoms with E-state index in [1.165, 1.54) is 4.90 Å². The van der Waals surface area contributed by atoms with Gasteiger partial charge in [0, 0.05) is 11.3 Å². The molecule has 1 saturated heterocycles. The van der Waals surface area contributed by atoms with Gasteiger partial charge in [0.25, 0.3) is 5.91 Å². The number of imide groups is 1. The molecule has 0 spiro atoms. The van der Waals surface area contributed by atoms with E-state index in [0.717, 1.165) is 31.4 Å². The first-order valence-corrected chi connectivity index (χ1v) is 8.99. The van der Waals surface area contributed by atoms with E-state index in [2.05, 4.69) is 5.32 Å². The molecule has 0 radical (unpaired) electrons. The number of fused-ring (bicyclic) bond motifs is 1. The van der Waals surface area contributed by atoms with Gasteiger partial charge in [-0.2, -0.15) is 0 Å². The van der Waals surface area contributed by atoms with Gasteiger partial charge in [-0.1, -0.05) is 31.0 Å². The van der Waals surface area contributed by atoms with Crippen LogP contribution < -0.4 is 10.2 Å². The largest absolute Gasteiger partial charge is 0.322 e. The van der Waals surface area contributed by atoms with Crippen molar-refractivity contribution in [1.29, 1.82) is 0 Å². The monoisotopic (exact) mass is 348 g/mol. The third kappa shape index (κ3) is 2.90. The lowest BCUT2D eigenvalue weighted by Crippen LogP contribution is -2.30. The van der Waals surface area contributed by atoms with Crippen molar-refractivity contribution < 1.29 is 14.4 Å². The van der Waals surface area contributed by atoms with Crippen LogP contribution in [-0.4, -0.2) is 17.7 Å². The average molecular weight is 348 g/mol. The zero-order chi connectivity index (χ0) is 18.1. The molecule has 1 saturated carbocycles. The fourth-order valence-corrected chi connectivity index (χ4v) is 3.90. The number of para-hydroxylation sites is 1. The number of carbonyl (C=O) groups is 3. The fourth-order valence-electron chi connectivity index (χ4n) is 3.90. The van der Waals surface area contributed by atoms with Crippen LogP contribution in [0.15, 0.2) is 54.6 Å². The van der Waals surface area contributed by atoms with Crippen LogP contribution in [0.3, 0.4) is 0 Å². The Kier molecular flexibility index (Phi) is 4.29. The average Bonchev–Trinajstić information content (AvgIpc) is 2.94. The first-order valence-electron chi connectivity index (χ1n) is 8.99. The van der Waals surface area contributed by atoms with Crippen molar-refractivity contribution in [3.8, 4) is 0 Å². The van der Waals surface area contributed by atoms with Crippen LogP contribution in [0.25, 0.3) is 0 Å². The molecule has 26 heavy (non-hydrogen) atoms. The topological polar surface area (TPSA) is 66.5 Å². The Hall–Kier alpha value is -2.95. The van der Waals surface area contributed by atoms with Gasteiger partial charge >= 0.3 is 0 Å². The summed E-state index contributed by atoms with van der Waals surface area (Å²) in [5, 5.41) is 2.82. The number of anilines is 2. The van der Waals surface area contributed by atoms with Gasteiger partial charge in [0.05, 0.1) is 17.5 Å². The number of nitrogens with zero attached hydrogens (tertiary/aromatic N) is 1. The van der Waals surface area contributed by atoms with Gasteiger partial charge < -0.3 is 5.32 Å². The Labute approximate surface area is 152 Å². The van der Waals surface area contributed by atoms with Crippen molar-refractivity contribution in [1.82, 2.24) is 0 Å². The second kappa shape index (κ2) is 6.75. The van der Waals surface area contributed by atoms with Crippen LogP contribution in [0.1, 0.15) is 36.0 Å². The maximum atomic E-state index is 12.6. The number of nitrogens with one attached hydrogen (secondary N) is 1. The lowest BCUT2D eigenvalue weighted by Gasteiger charge is -2.19. The van der Waals surface area contributed by atoms with E-state index < -0.39 is 0 Å². The molecule has 0 unspecified atom stereocenters. The van der Waals surface area contributed by atoms with Gasteiger partial charge in [0.2, 0.25) is 11.8 Å². The van der Waals surface area contributed by atoms with Crippen LogP contribution in [-0.2, 0) is 9.59 Å². The highest BCUT2D eigenvalue weighted by Gasteiger charge is 2.48. The Morgan fingerprint density at radius 2 is 1.42 bits per heavy atom. The standard InChI is InChI=1S/C21H20N2O3/c24-19(22-15-6-2-1-3-7-15)14-10-12-16(13-11-14)23-20(25)17-8-4-5-9-18(17)21(23)26/h1-3,6-7,10-13,17-18H,4-5,8-9H2,(H,22,24)/t17-,18-/m1/s1. The SMILES string of the molecule is O=C(Nc1ccccc1)c1ccc(N2C(=O)[C@@H]3CCCC[C@H]3C2=O)cc1. The van der Waals surface area contributed by atoms with Gasteiger partial charge in [0.15, 0.2) is 0 Å². The van der Waals surface area contributed by atoms with Gasteiger partial charge in [-0.3, -0.25) is 19.3 Å². The molecule has 1 heterocycles. The van der Waals surface area contributed by atoms with E-state index in [1.54, 1.807) is 24.3 Å². The molecule has 2 atom stereocenters. The van der Waals surface area contributed by atoms with E-state index in [0.29, 0.717) is 11.3 Å². The highest BCUT2D eigenvalue weighted by atomic mass is 16.2. The summed E-state index contributed by atoms with van der Waals surface area (Å²) in [5.74, 6) is -0.757. The highest BCUT2D eigenvalue weighted by Crippen LogP contribution is 2.40. The van der Waals surface area contributed by atoms with Crippen LogP contribution >= 0.6 is 0 Å². The number of rotatable bonds is 3. The van der Waals surface area contributed by atoms with E-state index in [1.807, 2.05) is 30.3 Å². The van der Waals surface area contributed by atoms with Gasteiger partial charge in [-0.05, 0) is 49.2 Å². The molecule has 3 amide bonds. The lowest BCUT2D eigenvalue weighted by atomic mass is 9.81. The summed E-state index contributed by atoms with van der Waals surface area (Å²) >= 11 is 0. The van der Waals surface area contributed by atoms with Crippen LogP contribution in [0, 0.1) is 11.8 Å². The Morgan fingerprint density at radius 3 is 2.00 bits per heavy atom. The van der Waals surface area contributed by atoms with Crippen molar-refractivity contribution in [3.63, 3.8) is 0 Å². The summed E-state index contributed by atoms with van der Waals surface area (Å²) in [5.41, 5.74) is 1.75. The predicted molar refractivity (Wildman–Crippen MR) is 98.8 cm³/mol. The molecular weight excluding hydrogens is 328 g/mol. The van der Waals surface area contributed by atoms with E-state index >= 15 is 0 Å². The summed E-state index contributed by atoms with van der Waals surface area (Å²) in [6.45, 7) is 0. The van der Waals surface area contributed by atoms with Gasteiger partial charge in [-0.15, -0.1) is 0 Å². The number of carbonyl (C=O) groups excluding carboxylic acids is 3. The quantitative estimate of drug-likeness (QED) is 0.862. The highest BCUT2D eigenvalue weighted by molar-refractivity contribution is 6.22. The summed E-state index contributed by atoms with van der Waals surface area (Å²) in [6, 6.07) is 15.9. The maximum Gasteiger partial charge on any atom is 0.255 e. The smallest absolute Gasteiger partial charge is 0.255 e. The number of hydrogen-bond donors (Lipinski definition) is 1.